The Morgan fingerprint density at radius 1 is 1.38 bits per heavy atom. The van der Waals surface area contributed by atoms with Gasteiger partial charge in [-0.25, -0.2) is 0 Å². The van der Waals surface area contributed by atoms with Gasteiger partial charge in [0.05, 0.1) is 0 Å². The third-order valence-electron chi connectivity index (χ3n) is 3.69. The highest BCUT2D eigenvalue weighted by molar-refractivity contribution is 6.31. The molecule has 1 heterocycles. The number of nitrogens with zero attached hydrogens (tertiary/aromatic N) is 1. The monoisotopic (exact) mass is 237 g/mol. The lowest BCUT2D eigenvalue weighted by atomic mass is 9.95. The third-order valence-corrected chi connectivity index (χ3v) is 4.10. The summed E-state index contributed by atoms with van der Waals surface area (Å²) in [4.78, 5) is 2.45. The lowest BCUT2D eigenvalue weighted by molar-refractivity contribution is 0.423. The zero-order valence-electron chi connectivity index (χ0n) is 10.3. The molecule has 0 bridgehead atoms. The highest BCUT2D eigenvalue weighted by Gasteiger charge is 2.24. The molecule has 1 aliphatic rings. The molecule has 1 saturated heterocycles. The van der Waals surface area contributed by atoms with Crippen molar-refractivity contribution in [3.8, 4) is 0 Å². The van der Waals surface area contributed by atoms with Gasteiger partial charge in [-0.15, -0.1) is 0 Å². The zero-order valence-corrected chi connectivity index (χ0v) is 11.1. The Balaban J connectivity index is 2.11. The van der Waals surface area contributed by atoms with Gasteiger partial charge in [-0.1, -0.05) is 31.5 Å². The van der Waals surface area contributed by atoms with E-state index in [2.05, 4.69) is 36.9 Å². The van der Waals surface area contributed by atoms with E-state index in [-0.39, 0.29) is 0 Å². The summed E-state index contributed by atoms with van der Waals surface area (Å²) in [6.45, 7) is 9.03. The standard InChI is InChI=1S/C14H20ClN/c1-10(2)12-6-7-16(9-12)13-5-4-11(3)14(15)8-13/h4-5,8,10,12H,6-7,9H2,1-3H3. The van der Waals surface area contributed by atoms with Crippen LogP contribution < -0.4 is 4.90 Å². The van der Waals surface area contributed by atoms with Gasteiger partial charge in [-0.3, -0.25) is 0 Å². The maximum atomic E-state index is 6.16. The fourth-order valence-corrected chi connectivity index (χ4v) is 2.52. The van der Waals surface area contributed by atoms with E-state index in [4.69, 9.17) is 11.6 Å². The highest BCUT2D eigenvalue weighted by Crippen LogP contribution is 2.30. The minimum atomic E-state index is 0.783. The summed E-state index contributed by atoms with van der Waals surface area (Å²) in [6.07, 6.45) is 1.31. The molecule has 0 aromatic heterocycles. The molecule has 0 radical (unpaired) electrons. The first-order valence-corrected chi connectivity index (χ1v) is 6.47. The van der Waals surface area contributed by atoms with Crippen LogP contribution in [0.15, 0.2) is 18.2 Å². The van der Waals surface area contributed by atoms with Crippen LogP contribution in [0.4, 0.5) is 5.69 Å². The first-order chi connectivity index (χ1) is 7.58. The number of hydrogen-bond donors (Lipinski definition) is 0. The molecule has 88 valence electrons. The number of benzene rings is 1. The summed E-state index contributed by atoms with van der Waals surface area (Å²) in [6, 6.07) is 6.39. The first kappa shape index (κ1) is 11.8. The van der Waals surface area contributed by atoms with Crippen LogP contribution in [-0.4, -0.2) is 13.1 Å². The van der Waals surface area contributed by atoms with Crippen LogP contribution in [0.1, 0.15) is 25.8 Å². The molecule has 1 aromatic rings. The Hall–Kier alpha value is -0.690. The van der Waals surface area contributed by atoms with Crippen molar-refractivity contribution in [3.05, 3.63) is 28.8 Å². The van der Waals surface area contributed by atoms with E-state index in [9.17, 15) is 0 Å². The van der Waals surface area contributed by atoms with Crippen molar-refractivity contribution in [3.63, 3.8) is 0 Å². The quantitative estimate of drug-likeness (QED) is 0.748. The predicted octanol–water partition coefficient (Wildman–Crippen LogP) is 4.13. The number of hydrogen-bond acceptors (Lipinski definition) is 1. The van der Waals surface area contributed by atoms with Crippen molar-refractivity contribution in [2.75, 3.05) is 18.0 Å². The summed E-state index contributed by atoms with van der Waals surface area (Å²) in [7, 11) is 0. The summed E-state index contributed by atoms with van der Waals surface area (Å²) >= 11 is 6.16. The number of aryl methyl sites for hydroxylation is 1. The lowest BCUT2D eigenvalue weighted by Gasteiger charge is -2.20. The Morgan fingerprint density at radius 2 is 2.12 bits per heavy atom. The molecule has 2 rings (SSSR count). The SMILES string of the molecule is Cc1ccc(N2CCC(C(C)C)C2)cc1Cl. The van der Waals surface area contributed by atoms with Crippen molar-refractivity contribution < 1.29 is 0 Å². The maximum Gasteiger partial charge on any atom is 0.0455 e. The second kappa shape index (κ2) is 4.67. The fourth-order valence-electron chi connectivity index (χ4n) is 2.34. The van der Waals surface area contributed by atoms with Gasteiger partial charge in [0.15, 0.2) is 0 Å². The molecule has 0 spiro atoms. The van der Waals surface area contributed by atoms with Gasteiger partial charge in [-0.2, -0.15) is 0 Å². The minimum Gasteiger partial charge on any atom is -0.371 e. The van der Waals surface area contributed by atoms with Crippen LogP contribution in [-0.2, 0) is 0 Å². The van der Waals surface area contributed by atoms with Crippen LogP contribution in [0.25, 0.3) is 0 Å². The zero-order chi connectivity index (χ0) is 11.7. The molecule has 1 aromatic carbocycles. The van der Waals surface area contributed by atoms with Crippen LogP contribution in [0, 0.1) is 18.8 Å². The Labute approximate surface area is 103 Å². The molecule has 1 nitrogen and oxygen atoms in total. The largest absolute Gasteiger partial charge is 0.371 e. The van der Waals surface area contributed by atoms with Crippen molar-refractivity contribution >= 4 is 17.3 Å². The average Bonchev–Trinajstić information content (AvgIpc) is 2.71. The third kappa shape index (κ3) is 2.35. The second-order valence-electron chi connectivity index (χ2n) is 5.17. The molecule has 2 heteroatoms. The van der Waals surface area contributed by atoms with Crippen LogP contribution in [0.5, 0.6) is 0 Å². The minimum absolute atomic E-state index is 0.783. The van der Waals surface area contributed by atoms with E-state index < -0.39 is 0 Å². The van der Waals surface area contributed by atoms with Crippen molar-refractivity contribution in [1.82, 2.24) is 0 Å². The van der Waals surface area contributed by atoms with Gasteiger partial charge >= 0.3 is 0 Å². The fraction of sp³-hybridized carbons (Fsp3) is 0.571. The number of rotatable bonds is 2. The molecule has 16 heavy (non-hydrogen) atoms. The van der Waals surface area contributed by atoms with E-state index in [1.54, 1.807) is 0 Å². The Bertz CT molecular complexity index is 373. The predicted molar refractivity (Wildman–Crippen MR) is 71.3 cm³/mol. The van der Waals surface area contributed by atoms with E-state index in [0.29, 0.717) is 0 Å². The summed E-state index contributed by atoms with van der Waals surface area (Å²) in [5, 5.41) is 0.880. The van der Waals surface area contributed by atoms with Crippen LogP contribution in [0.2, 0.25) is 5.02 Å². The highest BCUT2D eigenvalue weighted by atomic mass is 35.5. The Kier molecular flexibility index (Phi) is 3.44. The molecular formula is C14H20ClN. The molecule has 0 aliphatic carbocycles. The molecule has 1 fully saturated rings. The first-order valence-electron chi connectivity index (χ1n) is 6.09. The van der Waals surface area contributed by atoms with Crippen molar-refractivity contribution in [2.45, 2.75) is 27.2 Å². The summed E-state index contributed by atoms with van der Waals surface area (Å²) in [5.74, 6) is 1.62. The molecule has 0 amide bonds. The molecule has 0 saturated carbocycles. The molecule has 1 unspecified atom stereocenters. The van der Waals surface area contributed by atoms with Crippen LogP contribution >= 0.6 is 11.6 Å². The van der Waals surface area contributed by atoms with Gasteiger partial charge < -0.3 is 4.90 Å². The van der Waals surface area contributed by atoms with Gasteiger partial charge in [0.1, 0.15) is 0 Å². The lowest BCUT2D eigenvalue weighted by Crippen LogP contribution is -2.21. The van der Waals surface area contributed by atoms with Gasteiger partial charge in [0.2, 0.25) is 0 Å². The average molecular weight is 238 g/mol. The van der Waals surface area contributed by atoms with E-state index in [1.807, 2.05) is 6.92 Å². The van der Waals surface area contributed by atoms with E-state index in [1.165, 1.54) is 25.2 Å². The van der Waals surface area contributed by atoms with Crippen molar-refractivity contribution in [2.24, 2.45) is 11.8 Å². The number of halogens is 1. The van der Waals surface area contributed by atoms with Gasteiger partial charge in [-0.05, 0) is 42.9 Å². The van der Waals surface area contributed by atoms with Gasteiger partial charge in [0, 0.05) is 23.8 Å². The summed E-state index contributed by atoms with van der Waals surface area (Å²) < 4.78 is 0. The van der Waals surface area contributed by atoms with Crippen LogP contribution in [0.3, 0.4) is 0 Å². The second-order valence-corrected chi connectivity index (χ2v) is 5.58. The molecular weight excluding hydrogens is 218 g/mol. The van der Waals surface area contributed by atoms with Crippen molar-refractivity contribution in [1.29, 1.82) is 0 Å². The normalized spacial score (nSPS) is 20.8. The van der Waals surface area contributed by atoms with E-state index >= 15 is 0 Å². The topological polar surface area (TPSA) is 3.24 Å². The number of anilines is 1. The Morgan fingerprint density at radius 3 is 2.69 bits per heavy atom. The maximum absolute atomic E-state index is 6.16. The smallest absolute Gasteiger partial charge is 0.0455 e. The molecule has 0 N–H and O–H groups in total. The molecule has 1 atom stereocenters. The van der Waals surface area contributed by atoms with Gasteiger partial charge in [0.25, 0.3) is 0 Å². The molecule has 1 aliphatic heterocycles. The van der Waals surface area contributed by atoms with E-state index in [0.717, 1.165) is 22.4 Å². The summed E-state index contributed by atoms with van der Waals surface area (Å²) in [5.41, 5.74) is 2.43.